The van der Waals surface area contributed by atoms with Gasteiger partial charge in [-0.1, -0.05) is 0 Å². The number of ether oxygens (including phenoxy) is 2. The number of rotatable bonds is 3. The molecule has 0 bridgehead atoms. The fraction of sp³-hybridized carbons (Fsp3) is 0.308. The highest BCUT2D eigenvalue weighted by Crippen LogP contribution is 2.39. The van der Waals surface area contributed by atoms with Crippen molar-refractivity contribution in [1.29, 1.82) is 0 Å². The minimum Gasteiger partial charge on any atom is -0.486 e. The largest absolute Gasteiger partial charge is 0.486 e. The third kappa shape index (κ3) is 2.69. The molecule has 1 N–H and O–H groups in total. The van der Waals surface area contributed by atoms with Crippen LogP contribution in [-0.4, -0.2) is 18.2 Å². The van der Waals surface area contributed by atoms with E-state index in [-0.39, 0.29) is 6.04 Å². The lowest BCUT2D eigenvalue weighted by Gasteiger charge is -2.21. The van der Waals surface area contributed by atoms with Crippen molar-refractivity contribution in [3.63, 3.8) is 0 Å². The van der Waals surface area contributed by atoms with Gasteiger partial charge in [-0.25, -0.2) is 0 Å². The molecular formula is C13H13BrN2O2S. The summed E-state index contributed by atoms with van der Waals surface area (Å²) in [6, 6.07) is 4.11. The quantitative estimate of drug-likeness (QED) is 0.921. The Kier molecular flexibility index (Phi) is 3.61. The number of fused-ring (bicyclic) bond motifs is 1. The zero-order valence-corrected chi connectivity index (χ0v) is 12.8. The Labute approximate surface area is 123 Å². The molecule has 0 radical (unpaired) electrons. The van der Waals surface area contributed by atoms with Crippen LogP contribution in [0.2, 0.25) is 0 Å². The molecular weight excluding hydrogens is 328 g/mol. The average molecular weight is 341 g/mol. The van der Waals surface area contributed by atoms with Crippen LogP contribution in [-0.2, 0) is 0 Å². The second-order valence-electron chi connectivity index (χ2n) is 4.25. The van der Waals surface area contributed by atoms with Crippen LogP contribution < -0.4 is 14.8 Å². The first-order chi connectivity index (χ1) is 9.24. The first kappa shape index (κ1) is 12.7. The zero-order valence-electron chi connectivity index (χ0n) is 10.4. The van der Waals surface area contributed by atoms with E-state index in [4.69, 9.17) is 9.47 Å². The van der Waals surface area contributed by atoms with E-state index in [0.717, 1.165) is 21.7 Å². The van der Waals surface area contributed by atoms with Crippen molar-refractivity contribution < 1.29 is 9.47 Å². The summed E-state index contributed by atoms with van der Waals surface area (Å²) in [5, 5.41) is 3.45. The first-order valence-corrected chi connectivity index (χ1v) is 7.65. The summed E-state index contributed by atoms with van der Waals surface area (Å²) in [6.07, 6.45) is 1.88. The van der Waals surface area contributed by atoms with Gasteiger partial charge in [0.15, 0.2) is 11.5 Å². The molecule has 3 rings (SSSR count). The van der Waals surface area contributed by atoms with Crippen molar-refractivity contribution in [2.75, 3.05) is 18.5 Å². The van der Waals surface area contributed by atoms with Crippen LogP contribution in [0.1, 0.15) is 17.8 Å². The van der Waals surface area contributed by atoms with E-state index in [9.17, 15) is 0 Å². The molecule has 0 amide bonds. The summed E-state index contributed by atoms with van der Waals surface area (Å²) in [6.45, 7) is 3.30. The molecule has 0 spiro atoms. The number of benzene rings is 1. The Balaban J connectivity index is 1.84. The number of anilines is 1. The van der Waals surface area contributed by atoms with Crippen molar-refractivity contribution in [1.82, 2.24) is 4.98 Å². The van der Waals surface area contributed by atoms with Gasteiger partial charge in [-0.05, 0) is 22.9 Å². The van der Waals surface area contributed by atoms with Gasteiger partial charge in [0, 0.05) is 27.7 Å². The standard InChI is InChI=1S/C13H13BrN2O2S/c1-8(13-6-15-7-19-13)16-10-5-12-11(4-9(10)14)17-2-3-18-12/h4-8,16H,2-3H2,1H3. The van der Waals surface area contributed by atoms with Gasteiger partial charge in [0.25, 0.3) is 0 Å². The van der Waals surface area contributed by atoms with Crippen molar-refractivity contribution >= 4 is 33.0 Å². The summed E-state index contributed by atoms with van der Waals surface area (Å²) >= 11 is 5.20. The summed E-state index contributed by atoms with van der Waals surface area (Å²) in [4.78, 5) is 5.30. The molecule has 1 aliphatic heterocycles. The first-order valence-electron chi connectivity index (χ1n) is 5.98. The second kappa shape index (κ2) is 5.38. The monoisotopic (exact) mass is 340 g/mol. The Bertz CT molecular complexity index is 574. The van der Waals surface area contributed by atoms with Crippen LogP contribution in [0.4, 0.5) is 5.69 Å². The fourth-order valence-electron chi connectivity index (χ4n) is 1.92. The molecule has 6 heteroatoms. The molecule has 19 heavy (non-hydrogen) atoms. The van der Waals surface area contributed by atoms with E-state index in [0.29, 0.717) is 13.2 Å². The summed E-state index contributed by atoms with van der Waals surface area (Å²) in [7, 11) is 0. The molecule has 1 aliphatic rings. The molecule has 1 aromatic carbocycles. The number of thiazole rings is 1. The molecule has 0 aliphatic carbocycles. The van der Waals surface area contributed by atoms with Gasteiger partial charge in [0.05, 0.1) is 17.2 Å². The summed E-state index contributed by atoms with van der Waals surface area (Å²) in [5.41, 5.74) is 2.83. The van der Waals surface area contributed by atoms with Crippen LogP contribution in [0.15, 0.2) is 28.3 Å². The number of hydrogen-bond acceptors (Lipinski definition) is 5. The third-order valence-electron chi connectivity index (χ3n) is 2.88. The molecule has 2 aromatic rings. The maximum atomic E-state index is 5.60. The minimum absolute atomic E-state index is 0.200. The molecule has 1 aromatic heterocycles. The molecule has 1 unspecified atom stereocenters. The number of halogens is 1. The lowest BCUT2D eigenvalue weighted by Crippen LogP contribution is -2.16. The lowest BCUT2D eigenvalue weighted by atomic mass is 10.2. The maximum absolute atomic E-state index is 5.60. The Morgan fingerprint density at radius 1 is 1.32 bits per heavy atom. The predicted octanol–water partition coefficient (Wildman–Crippen LogP) is 3.85. The van der Waals surface area contributed by atoms with Crippen LogP contribution in [0, 0.1) is 0 Å². The van der Waals surface area contributed by atoms with Crippen LogP contribution in [0.25, 0.3) is 0 Å². The molecule has 4 nitrogen and oxygen atoms in total. The van der Waals surface area contributed by atoms with E-state index < -0.39 is 0 Å². The van der Waals surface area contributed by atoms with Crippen LogP contribution in [0.3, 0.4) is 0 Å². The van der Waals surface area contributed by atoms with E-state index in [1.54, 1.807) is 11.3 Å². The van der Waals surface area contributed by atoms with Gasteiger partial charge in [0.1, 0.15) is 13.2 Å². The minimum atomic E-state index is 0.200. The number of nitrogens with zero attached hydrogens (tertiary/aromatic N) is 1. The number of hydrogen-bond donors (Lipinski definition) is 1. The van der Waals surface area contributed by atoms with E-state index in [1.807, 2.05) is 23.8 Å². The van der Waals surface area contributed by atoms with Gasteiger partial charge < -0.3 is 14.8 Å². The molecule has 100 valence electrons. The van der Waals surface area contributed by atoms with Gasteiger partial charge in [-0.3, -0.25) is 4.98 Å². The van der Waals surface area contributed by atoms with Crippen LogP contribution in [0.5, 0.6) is 11.5 Å². The van der Waals surface area contributed by atoms with Crippen molar-refractivity contribution in [3.05, 3.63) is 33.2 Å². The molecule has 0 saturated carbocycles. The smallest absolute Gasteiger partial charge is 0.163 e. The van der Waals surface area contributed by atoms with E-state index in [2.05, 4.69) is 33.2 Å². The van der Waals surface area contributed by atoms with Gasteiger partial charge in [0.2, 0.25) is 0 Å². The third-order valence-corrected chi connectivity index (χ3v) is 4.50. The highest BCUT2D eigenvalue weighted by atomic mass is 79.9. The Morgan fingerprint density at radius 3 is 2.74 bits per heavy atom. The summed E-state index contributed by atoms with van der Waals surface area (Å²) in [5.74, 6) is 1.57. The normalized spacial score (nSPS) is 15.1. The lowest BCUT2D eigenvalue weighted by molar-refractivity contribution is 0.171. The van der Waals surface area contributed by atoms with Crippen molar-refractivity contribution in [2.45, 2.75) is 13.0 Å². The Morgan fingerprint density at radius 2 is 2.05 bits per heavy atom. The molecule has 0 saturated heterocycles. The number of aromatic nitrogens is 1. The van der Waals surface area contributed by atoms with Crippen LogP contribution >= 0.6 is 27.3 Å². The average Bonchev–Trinajstić information content (AvgIpc) is 2.93. The molecule has 1 atom stereocenters. The van der Waals surface area contributed by atoms with E-state index in [1.165, 1.54) is 4.88 Å². The van der Waals surface area contributed by atoms with E-state index >= 15 is 0 Å². The topological polar surface area (TPSA) is 43.4 Å². The van der Waals surface area contributed by atoms with Gasteiger partial charge in [-0.15, -0.1) is 11.3 Å². The zero-order chi connectivity index (χ0) is 13.2. The van der Waals surface area contributed by atoms with Crippen molar-refractivity contribution in [2.24, 2.45) is 0 Å². The van der Waals surface area contributed by atoms with Crippen molar-refractivity contribution in [3.8, 4) is 11.5 Å². The molecule has 0 fully saturated rings. The number of nitrogens with one attached hydrogen (secondary N) is 1. The maximum Gasteiger partial charge on any atom is 0.163 e. The SMILES string of the molecule is CC(Nc1cc2c(cc1Br)OCCO2)c1cncs1. The Hall–Kier alpha value is -1.27. The second-order valence-corrected chi connectivity index (χ2v) is 6.02. The summed E-state index contributed by atoms with van der Waals surface area (Å²) < 4.78 is 12.1. The molecule has 2 heterocycles. The fourth-order valence-corrected chi connectivity index (χ4v) is 2.98. The highest BCUT2D eigenvalue weighted by molar-refractivity contribution is 9.10. The predicted molar refractivity (Wildman–Crippen MR) is 79.3 cm³/mol. The van der Waals surface area contributed by atoms with Gasteiger partial charge in [-0.2, -0.15) is 0 Å². The highest BCUT2D eigenvalue weighted by Gasteiger charge is 2.16. The van der Waals surface area contributed by atoms with Gasteiger partial charge >= 0.3 is 0 Å².